The minimum Gasteiger partial charge on any atom is -0.440 e. The average molecular weight is 274 g/mol. The topological polar surface area (TPSA) is 55.6 Å². The van der Waals surface area contributed by atoms with E-state index in [1.807, 2.05) is 29.2 Å². The molecule has 2 aromatic rings. The van der Waals surface area contributed by atoms with E-state index in [2.05, 4.69) is 4.98 Å². The van der Waals surface area contributed by atoms with Gasteiger partial charge in [0.15, 0.2) is 11.5 Å². The van der Waals surface area contributed by atoms with Crippen molar-refractivity contribution in [3.8, 4) is 0 Å². The fourth-order valence-electron chi connectivity index (χ4n) is 2.66. The summed E-state index contributed by atoms with van der Waals surface area (Å²) in [5, 5.41) is 0. The number of carbonyl (C=O) groups excluding carboxylic acids is 1. The molecule has 0 aliphatic carbocycles. The third-order valence-electron chi connectivity index (χ3n) is 3.78. The number of benzene rings is 1. The third-order valence-corrected chi connectivity index (χ3v) is 3.78. The SMILES string of the molecule is COCC(=O)N1CCC(c2nc3ccccc3o2)CC1. The van der Waals surface area contributed by atoms with Gasteiger partial charge in [-0.3, -0.25) is 4.79 Å². The van der Waals surface area contributed by atoms with E-state index in [9.17, 15) is 4.79 Å². The summed E-state index contributed by atoms with van der Waals surface area (Å²) in [5.74, 6) is 1.16. The summed E-state index contributed by atoms with van der Waals surface area (Å²) < 4.78 is 10.7. The number of methoxy groups -OCH3 is 1. The van der Waals surface area contributed by atoms with E-state index < -0.39 is 0 Å². The number of piperidine rings is 1. The Bertz CT molecular complexity index is 567. The number of likely N-dealkylation sites (tertiary alicyclic amines) is 1. The molecular weight excluding hydrogens is 256 g/mol. The molecule has 5 heteroatoms. The number of oxazole rings is 1. The van der Waals surface area contributed by atoms with Gasteiger partial charge in [-0.15, -0.1) is 0 Å². The van der Waals surface area contributed by atoms with Crippen LogP contribution in [0.3, 0.4) is 0 Å². The van der Waals surface area contributed by atoms with Gasteiger partial charge in [-0.05, 0) is 25.0 Å². The molecule has 20 heavy (non-hydrogen) atoms. The zero-order valence-corrected chi connectivity index (χ0v) is 11.5. The van der Waals surface area contributed by atoms with Crippen molar-refractivity contribution in [2.45, 2.75) is 18.8 Å². The van der Waals surface area contributed by atoms with Crippen molar-refractivity contribution in [1.82, 2.24) is 9.88 Å². The van der Waals surface area contributed by atoms with Crippen LogP contribution in [0.25, 0.3) is 11.1 Å². The van der Waals surface area contributed by atoms with Gasteiger partial charge >= 0.3 is 0 Å². The number of carbonyl (C=O) groups is 1. The Labute approximate surface area is 117 Å². The summed E-state index contributed by atoms with van der Waals surface area (Å²) in [7, 11) is 1.54. The molecule has 1 fully saturated rings. The summed E-state index contributed by atoms with van der Waals surface area (Å²) in [4.78, 5) is 18.1. The zero-order valence-electron chi connectivity index (χ0n) is 11.5. The summed E-state index contributed by atoms with van der Waals surface area (Å²) in [5.41, 5.74) is 1.74. The van der Waals surface area contributed by atoms with Crippen molar-refractivity contribution < 1.29 is 13.9 Å². The van der Waals surface area contributed by atoms with Gasteiger partial charge in [-0.25, -0.2) is 4.98 Å². The highest BCUT2D eigenvalue weighted by molar-refractivity contribution is 5.77. The lowest BCUT2D eigenvalue weighted by Crippen LogP contribution is -2.39. The Morgan fingerprint density at radius 2 is 2.15 bits per heavy atom. The second-order valence-corrected chi connectivity index (χ2v) is 5.11. The first kappa shape index (κ1) is 13.1. The molecule has 3 rings (SSSR count). The maximum absolute atomic E-state index is 11.7. The van der Waals surface area contributed by atoms with Crippen LogP contribution in [0.2, 0.25) is 0 Å². The number of aromatic nitrogens is 1. The lowest BCUT2D eigenvalue weighted by Gasteiger charge is -2.30. The molecular formula is C15H18N2O3. The van der Waals surface area contributed by atoms with Crippen molar-refractivity contribution in [2.75, 3.05) is 26.8 Å². The predicted octanol–water partition coefficient (Wildman–Crippen LogP) is 2.18. The van der Waals surface area contributed by atoms with E-state index in [1.165, 1.54) is 0 Å². The Morgan fingerprint density at radius 3 is 2.85 bits per heavy atom. The van der Waals surface area contributed by atoms with E-state index in [0.29, 0.717) is 5.92 Å². The first-order valence-corrected chi connectivity index (χ1v) is 6.90. The van der Waals surface area contributed by atoms with Gasteiger partial charge < -0.3 is 14.1 Å². The standard InChI is InChI=1S/C15H18N2O3/c1-19-10-14(18)17-8-6-11(7-9-17)15-16-12-4-2-3-5-13(12)20-15/h2-5,11H,6-10H2,1H3. The van der Waals surface area contributed by atoms with Crippen LogP contribution >= 0.6 is 0 Å². The smallest absolute Gasteiger partial charge is 0.248 e. The van der Waals surface area contributed by atoms with Crippen molar-refractivity contribution in [2.24, 2.45) is 0 Å². The second-order valence-electron chi connectivity index (χ2n) is 5.11. The van der Waals surface area contributed by atoms with Crippen LogP contribution in [-0.4, -0.2) is 42.6 Å². The number of ether oxygens (including phenoxy) is 1. The molecule has 0 atom stereocenters. The molecule has 1 saturated heterocycles. The average Bonchev–Trinajstić information content (AvgIpc) is 2.91. The molecule has 1 aliphatic rings. The fourth-order valence-corrected chi connectivity index (χ4v) is 2.66. The van der Waals surface area contributed by atoms with Gasteiger partial charge in [0, 0.05) is 26.1 Å². The molecule has 5 nitrogen and oxygen atoms in total. The monoisotopic (exact) mass is 274 g/mol. The summed E-state index contributed by atoms with van der Waals surface area (Å²) in [6.07, 6.45) is 1.78. The van der Waals surface area contributed by atoms with Crippen LogP contribution in [0.4, 0.5) is 0 Å². The highest BCUT2D eigenvalue weighted by atomic mass is 16.5. The maximum atomic E-state index is 11.7. The highest BCUT2D eigenvalue weighted by Gasteiger charge is 2.26. The number of hydrogen-bond acceptors (Lipinski definition) is 4. The number of fused-ring (bicyclic) bond motifs is 1. The molecule has 1 amide bonds. The molecule has 0 spiro atoms. The van der Waals surface area contributed by atoms with Crippen molar-refractivity contribution in [1.29, 1.82) is 0 Å². The molecule has 2 heterocycles. The number of rotatable bonds is 3. The number of hydrogen-bond donors (Lipinski definition) is 0. The first-order chi connectivity index (χ1) is 9.78. The number of amides is 1. The molecule has 106 valence electrons. The van der Waals surface area contributed by atoms with Gasteiger partial charge in [0.25, 0.3) is 0 Å². The van der Waals surface area contributed by atoms with Crippen LogP contribution in [-0.2, 0) is 9.53 Å². The zero-order chi connectivity index (χ0) is 13.9. The molecule has 0 bridgehead atoms. The van der Waals surface area contributed by atoms with Crippen LogP contribution in [0, 0.1) is 0 Å². The maximum Gasteiger partial charge on any atom is 0.248 e. The van der Waals surface area contributed by atoms with Crippen LogP contribution < -0.4 is 0 Å². The van der Waals surface area contributed by atoms with E-state index >= 15 is 0 Å². The molecule has 0 N–H and O–H groups in total. The largest absolute Gasteiger partial charge is 0.440 e. The fraction of sp³-hybridized carbons (Fsp3) is 0.467. The molecule has 0 saturated carbocycles. The van der Waals surface area contributed by atoms with Gasteiger partial charge in [0.1, 0.15) is 12.1 Å². The summed E-state index contributed by atoms with van der Waals surface area (Å²) >= 11 is 0. The Hall–Kier alpha value is -1.88. The van der Waals surface area contributed by atoms with Gasteiger partial charge in [0.2, 0.25) is 5.91 Å². The van der Waals surface area contributed by atoms with E-state index in [4.69, 9.17) is 9.15 Å². The highest BCUT2D eigenvalue weighted by Crippen LogP contribution is 2.29. The summed E-state index contributed by atoms with van der Waals surface area (Å²) in [6, 6.07) is 7.80. The van der Waals surface area contributed by atoms with E-state index in [1.54, 1.807) is 7.11 Å². The van der Waals surface area contributed by atoms with Crippen LogP contribution in [0.5, 0.6) is 0 Å². The lowest BCUT2D eigenvalue weighted by molar-refractivity contribution is -0.136. The Morgan fingerprint density at radius 1 is 1.40 bits per heavy atom. The van der Waals surface area contributed by atoms with Gasteiger partial charge in [0.05, 0.1) is 0 Å². The van der Waals surface area contributed by atoms with Gasteiger partial charge in [-0.1, -0.05) is 12.1 Å². The Balaban J connectivity index is 1.67. The molecule has 0 unspecified atom stereocenters. The van der Waals surface area contributed by atoms with Crippen molar-refractivity contribution >= 4 is 17.0 Å². The second kappa shape index (κ2) is 5.63. The van der Waals surface area contributed by atoms with E-state index in [0.717, 1.165) is 42.9 Å². The van der Waals surface area contributed by atoms with E-state index in [-0.39, 0.29) is 12.5 Å². The summed E-state index contributed by atoms with van der Waals surface area (Å²) in [6.45, 7) is 1.64. The minimum absolute atomic E-state index is 0.0588. The number of para-hydroxylation sites is 2. The minimum atomic E-state index is 0.0588. The van der Waals surface area contributed by atoms with Crippen LogP contribution in [0.1, 0.15) is 24.7 Å². The van der Waals surface area contributed by atoms with Gasteiger partial charge in [-0.2, -0.15) is 0 Å². The normalized spacial score (nSPS) is 16.8. The van der Waals surface area contributed by atoms with Crippen molar-refractivity contribution in [3.05, 3.63) is 30.2 Å². The Kier molecular flexibility index (Phi) is 3.69. The first-order valence-electron chi connectivity index (χ1n) is 6.90. The third kappa shape index (κ3) is 2.54. The number of nitrogens with zero attached hydrogens (tertiary/aromatic N) is 2. The molecule has 1 aromatic heterocycles. The molecule has 1 aliphatic heterocycles. The quantitative estimate of drug-likeness (QED) is 0.861. The van der Waals surface area contributed by atoms with Crippen LogP contribution in [0.15, 0.2) is 28.7 Å². The van der Waals surface area contributed by atoms with Crippen molar-refractivity contribution in [3.63, 3.8) is 0 Å². The predicted molar refractivity (Wildman–Crippen MR) is 74.4 cm³/mol. The lowest BCUT2D eigenvalue weighted by atomic mass is 9.97. The molecule has 0 radical (unpaired) electrons. The molecule has 1 aromatic carbocycles.